The van der Waals surface area contributed by atoms with Crippen LogP contribution in [0.3, 0.4) is 0 Å². The fourth-order valence-electron chi connectivity index (χ4n) is 9.42. The average Bonchev–Trinajstić information content (AvgIpc) is 3.36. The maximum absolute atomic E-state index is 7.14. The topological polar surface area (TPSA) is 43.4 Å². The number of methoxy groups -OCH3 is 2. The molecule has 2 atom stereocenters. The fraction of sp³-hybridized carbons (Fsp3) is 0.333. The van der Waals surface area contributed by atoms with Gasteiger partial charge >= 0.3 is 0 Å². The smallest absolute Gasteiger partial charge is 0.129 e. The monoisotopic (exact) mass is 881 g/mol. The number of hydrogen-bond donors (Lipinski definition) is 0. The van der Waals surface area contributed by atoms with Crippen molar-refractivity contribution in [1.82, 2.24) is 0 Å². The van der Waals surface area contributed by atoms with Crippen LogP contribution in [0.1, 0.15) is 90.2 Å². The number of nitrogens with zero attached hydrogens (tertiary/aromatic N) is 2. The number of hydrogen-bond acceptors (Lipinski definition) is 6. The van der Waals surface area contributed by atoms with Crippen LogP contribution in [0.15, 0.2) is 133 Å². The molecule has 6 nitrogen and oxygen atoms in total. The third-order valence-electron chi connectivity index (χ3n) is 13.5. The van der Waals surface area contributed by atoms with Crippen molar-refractivity contribution >= 4 is 66.4 Å². The van der Waals surface area contributed by atoms with Crippen molar-refractivity contribution in [2.75, 3.05) is 37.2 Å². The van der Waals surface area contributed by atoms with Gasteiger partial charge in [0.05, 0.1) is 38.8 Å². The van der Waals surface area contributed by atoms with Crippen LogP contribution in [0, 0.1) is 25.7 Å². The van der Waals surface area contributed by atoms with Crippen molar-refractivity contribution in [3.8, 4) is 23.0 Å². The molecule has 0 aliphatic rings. The van der Waals surface area contributed by atoms with Gasteiger partial charge in [0, 0.05) is 67.2 Å². The Hall–Kier alpha value is -6.40. The van der Waals surface area contributed by atoms with Crippen LogP contribution in [0.2, 0.25) is 0 Å². The molecule has 0 saturated heterocycles. The van der Waals surface area contributed by atoms with E-state index in [1.165, 1.54) is 36.8 Å². The zero-order chi connectivity index (χ0) is 46.2. The highest BCUT2D eigenvalue weighted by Gasteiger charge is 2.26. The Morgan fingerprint density at radius 2 is 0.758 bits per heavy atom. The van der Waals surface area contributed by atoms with Crippen molar-refractivity contribution < 1.29 is 18.9 Å². The third-order valence-corrected chi connectivity index (χ3v) is 13.5. The normalized spacial score (nSPS) is 12.4. The van der Waals surface area contributed by atoms with Crippen molar-refractivity contribution in [3.05, 3.63) is 145 Å². The minimum Gasteiger partial charge on any atom is -0.497 e. The molecule has 8 aromatic rings. The van der Waals surface area contributed by atoms with Gasteiger partial charge in [0.25, 0.3) is 0 Å². The van der Waals surface area contributed by atoms with Crippen LogP contribution in [0.25, 0.3) is 32.3 Å². The number of unbranched alkanes of at least 4 members (excludes halogenated alkanes) is 2. The summed E-state index contributed by atoms with van der Waals surface area (Å²) in [4.78, 5) is 4.75. The first-order chi connectivity index (χ1) is 32.3. The molecular formula is C60H68N2O4. The zero-order valence-electron chi connectivity index (χ0n) is 40.5. The first kappa shape index (κ1) is 46.1. The van der Waals surface area contributed by atoms with Gasteiger partial charge in [0.2, 0.25) is 0 Å². The van der Waals surface area contributed by atoms with E-state index in [0.29, 0.717) is 25.0 Å². The minimum absolute atomic E-state index is 0.458. The number of aryl methyl sites for hydroxylation is 2. The van der Waals surface area contributed by atoms with Gasteiger partial charge in [-0.05, 0) is 123 Å². The van der Waals surface area contributed by atoms with E-state index in [1.54, 1.807) is 14.2 Å². The van der Waals surface area contributed by atoms with Gasteiger partial charge in [0.15, 0.2) is 0 Å². The molecule has 8 rings (SSSR count). The molecule has 0 aromatic heterocycles. The van der Waals surface area contributed by atoms with E-state index >= 15 is 0 Å². The highest BCUT2D eigenvalue weighted by molar-refractivity contribution is 6.30. The van der Waals surface area contributed by atoms with E-state index in [4.69, 9.17) is 18.9 Å². The summed E-state index contributed by atoms with van der Waals surface area (Å²) in [5.74, 6) is 4.32. The molecule has 0 aliphatic carbocycles. The average molecular weight is 881 g/mol. The maximum Gasteiger partial charge on any atom is 0.129 e. The summed E-state index contributed by atoms with van der Waals surface area (Å²) in [7, 11) is 3.44. The predicted molar refractivity (Wildman–Crippen MR) is 280 cm³/mol. The molecule has 0 radical (unpaired) electrons. The molecule has 0 saturated carbocycles. The number of anilines is 6. The Balaban J connectivity index is 1.45. The summed E-state index contributed by atoms with van der Waals surface area (Å²) in [6.45, 7) is 14.7. The zero-order valence-corrected chi connectivity index (χ0v) is 40.5. The van der Waals surface area contributed by atoms with E-state index in [1.807, 2.05) is 24.3 Å². The first-order valence-corrected chi connectivity index (χ1v) is 24.3. The van der Waals surface area contributed by atoms with Gasteiger partial charge in [-0.25, -0.2) is 0 Å². The molecule has 0 amide bonds. The van der Waals surface area contributed by atoms with Gasteiger partial charge in [-0.15, -0.1) is 0 Å². The summed E-state index contributed by atoms with van der Waals surface area (Å²) in [5.41, 5.74) is 8.70. The lowest BCUT2D eigenvalue weighted by molar-refractivity contribution is 0.235. The summed E-state index contributed by atoms with van der Waals surface area (Å²) in [6, 6.07) is 48.2. The summed E-state index contributed by atoms with van der Waals surface area (Å²) < 4.78 is 25.6. The molecule has 2 unspecified atom stereocenters. The Morgan fingerprint density at radius 3 is 1.08 bits per heavy atom. The van der Waals surface area contributed by atoms with E-state index in [0.717, 1.165) is 115 Å². The van der Waals surface area contributed by atoms with Crippen molar-refractivity contribution in [1.29, 1.82) is 0 Å². The second-order valence-corrected chi connectivity index (χ2v) is 18.1. The summed E-state index contributed by atoms with van der Waals surface area (Å²) in [5, 5.41) is 6.78. The largest absolute Gasteiger partial charge is 0.497 e. The lowest BCUT2D eigenvalue weighted by Gasteiger charge is -2.31. The molecule has 0 bridgehead atoms. The van der Waals surface area contributed by atoms with Crippen molar-refractivity contribution in [2.45, 2.75) is 92.9 Å². The molecule has 6 heteroatoms. The molecule has 0 fully saturated rings. The van der Waals surface area contributed by atoms with Gasteiger partial charge < -0.3 is 28.7 Å². The molecule has 0 spiro atoms. The van der Waals surface area contributed by atoms with E-state index < -0.39 is 0 Å². The third kappa shape index (κ3) is 9.75. The Morgan fingerprint density at radius 1 is 0.424 bits per heavy atom. The summed E-state index contributed by atoms with van der Waals surface area (Å²) in [6.07, 6.45) is 9.17. The van der Waals surface area contributed by atoms with E-state index in [-0.39, 0.29) is 0 Å². The van der Waals surface area contributed by atoms with Gasteiger partial charge in [-0.1, -0.05) is 114 Å². The minimum atomic E-state index is 0.458. The molecule has 66 heavy (non-hydrogen) atoms. The Bertz CT molecular complexity index is 2600. The summed E-state index contributed by atoms with van der Waals surface area (Å²) >= 11 is 0. The molecule has 342 valence electrons. The van der Waals surface area contributed by atoms with E-state index in [9.17, 15) is 0 Å². The number of ether oxygens (including phenoxy) is 4. The van der Waals surface area contributed by atoms with Crippen LogP contribution in [0.5, 0.6) is 23.0 Å². The first-order valence-electron chi connectivity index (χ1n) is 24.3. The fourth-order valence-corrected chi connectivity index (χ4v) is 9.42. The maximum atomic E-state index is 7.14. The lowest BCUT2D eigenvalue weighted by atomic mass is 9.90. The molecule has 8 aromatic carbocycles. The second-order valence-electron chi connectivity index (χ2n) is 18.1. The highest BCUT2D eigenvalue weighted by atomic mass is 16.5. The van der Waals surface area contributed by atoms with Crippen molar-refractivity contribution in [3.63, 3.8) is 0 Å². The standard InChI is InChI=1S/C60H68N2O4/c1-9-13-15-43(11-3)39-65-57-37-55(61(45-21-17-41(5)18-22-45)47-25-29-49(63-7)30-26-47)51-34-36-54-58(66-40-44(12-4)16-14-10-2)38-56(52-33-35-53(57)59(51)60(52)54)62(46-23-19-42(6)20-24-46)48-27-31-50(64-8)32-28-48/h17-38,43-44H,9-16,39-40H2,1-8H3. The highest BCUT2D eigenvalue weighted by Crippen LogP contribution is 2.52. The van der Waals surface area contributed by atoms with E-state index in [2.05, 4.69) is 161 Å². The van der Waals surface area contributed by atoms with Crippen molar-refractivity contribution in [2.24, 2.45) is 11.8 Å². The SMILES string of the molecule is CCCCC(CC)COc1cc(N(c2ccc(C)cc2)c2ccc(OC)cc2)c2ccc3c(OCC(CC)CCCC)cc(N(c4ccc(C)cc4)c4ccc(OC)cc4)c4ccc1c2c34. The predicted octanol–water partition coefficient (Wildman–Crippen LogP) is 17.3. The molecule has 0 heterocycles. The van der Waals surface area contributed by atoms with Crippen LogP contribution >= 0.6 is 0 Å². The Kier molecular flexibility index (Phi) is 14.9. The molecule has 0 aliphatic heterocycles. The Labute approximate surface area is 393 Å². The number of benzene rings is 8. The quantitative estimate of drug-likeness (QED) is 0.0632. The molecule has 0 N–H and O–H groups in total. The van der Waals surface area contributed by atoms with Gasteiger partial charge in [-0.2, -0.15) is 0 Å². The number of rotatable bonds is 22. The van der Waals surface area contributed by atoms with Crippen LogP contribution < -0.4 is 28.7 Å². The lowest BCUT2D eigenvalue weighted by Crippen LogP contribution is -2.15. The van der Waals surface area contributed by atoms with Gasteiger partial charge in [-0.3, -0.25) is 0 Å². The van der Waals surface area contributed by atoms with Crippen LogP contribution in [-0.2, 0) is 0 Å². The molecular weight excluding hydrogens is 813 g/mol. The second kappa shape index (κ2) is 21.3. The van der Waals surface area contributed by atoms with Crippen LogP contribution in [-0.4, -0.2) is 27.4 Å². The van der Waals surface area contributed by atoms with Crippen LogP contribution in [0.4, 0.5) is 34.1 Å². The van der Waals surface area contributed by atoms with Gasteiger partial charge in [0.1, 0.15) is 23.0 Å².